The number of nitrogens with one attached hydrogen (secondary N) is 1. The second-order valence-electron chi connectivity index (χ2n) is 6.09. The lowest BCUT2D eigenvalue weighted by Crippen LogP contribution is -2.61. The minimum atomic E-state index is -4.75. The first-order chi connectivity index (χ1) is 12.6. The summed E-state index contributed by atoms with van der Waals surface area (Å²) < 4.78 is 49.0. The third kappa shape index (κ3) is 3.77. The molecule has 148 valence electrons. The minimum absolute atomic E-state index is 0.103. The van der Waals surface area contributed by atoms with Gasteiger partial charge in [-0.05, 0) is 12.1 Å². The van der Waals surface area contributed by atoms with E-state index in [0.29, 0.717) is 6.07 Å². The Hall–Kier alpha value is -2.18. The largest absolute Gasteiger partial charge is 0.423 e. The molecule has 0 saturated carbocycles. The van der Waals surface area contributed by atoms with Crippen LogP contribution in [-0.2, 0) is 10.9 Å². The Kier molecular flexibility index (Phi) is 5.14. The molecule has 1 aromatic carbocycles. The molecule has 0 aliphatic carbocycles. The second-order valence-corrected chi connectivity index (χ2v) is 6.09. The molecule has 5 N–H and O–H groups in total. The number of aliphatic hydroxyl groups excluding tert-OH is 4. The van der Waals surface area contributed by atoms with Crippen LogP contribution in [-0.4, -0.2) is 57.7 Å². The highest BCUT2D eigenvalue weighted by Crippen LogP contribution is 2.35. The summed E-state index contributed by atoms with van der Waals surface area (Å²) in [6, 6.07) is 2.48. The molecule has 0 radical (unpaired) electrons. The van der Waals surface area contributed by atoms with Gasteiger partial charge >= 0.3 is 11.8 Å². The van der Waals surface area contributed by atoms with E-state index in [2.05, 4.69) is 5.32 Å². The normalized spacial score (nSPS) is 29.1. The summed E-state index contributed by atoms with van der Waals surface area (Å²) in [5.41, 5.74) is -2.59. The Morgan fingerprint density at radius 3 is 2.44 bits per heavy atom. The van der Waals surface area contributed by atoms with Crippen molar-refractivity contribution in [2.45, 2.75) is 36.8 Å². The van der Waals surface area contributed by atoms with Crippen LogP contribution < -0.4 is 10.9 Å². The topological polar surface area (TPSA) is 132 Å². The molecule has 0 bridgehead atoms. The highest BCUT2D eigenvalue weighted by atomic mass is 19.4. The molecule has 1 fully saturated rings. The molecule has 4 unspecified atom stereocenters. The van der Waals surface area contributed by atoms with Crippen LogP contribution in [0.1, 0.15) is 5.56 Å². The Morgan fingerprint density at radius 2 is 1.81 bits per heavy atom. The summed E-state index contributed by atoms with van der Waals surface area (Å²) >= 11 is 0. The number of alkyl halides is 3. The minimum Gasteiger partial charge on any atom is -0.423 e. The molecule has 0 amide bonds. The fourth-order valence-electron chi connectivity index (χ4n) is 2.93. The standard InChI is InChI=1S/C16H16F3NO7/c17-16(18,19)8-4-11(22)26-9-3-6(1-2-7(8)9)20-12-14(24)13(23)10(5-21)27-15(12)25/h1-4,10,12-15,20-21,23-25H,5H2/t10?,12?,13-,14?,15?/m0/s1. The molecule has 0 spiro atoms. The highest BCUT2D eigenvalue weighted by Gasteiger charge is 2.43. The molecule has 11 heteroatoms. The molecule has 1 aromatic heterocycles. The first kappa shape index (κ1) is 19.6. The van der Waals surface area contributed by atoms with Gasteiger partial charge in [-0.3, -0.25) is 0 Å². The molecular weight excluding hydrogens is 375 g/mol. The fraction of sp³-hybridized carbons (Fsp3) is 0.438. The van der Waals surface area contributed by atoms with Crippen molar-refractivity contribution in [1.82, 2.24) is 0 Å². The van der Waals surface area contributed by atoms with Crippen molar-refractivity contribution in [3.63, 3.8) is 0 Å². The Morgan fingerprint density at radius 1 is 1.11 bits per heavy atom. The summed E-state index contributed by atoms with van der Waals surface area (Å²) in [6.07, 6.45) is -10.6. The van der Waals surface area contributed by atoms with E-state index >= 15 is 0 Å². The first-order valence-electron chi connectivity index (χ1n) is 7.84. The SMILES string of the molecule is O=c1cc(C(F)(F)F)c2ccc(NC3C(O)OC(CO)[C@H](O)C3O)cc2o1. The van der Waals surface area contributed by atoms with Crippen LogP contribution in [0, 0.1) is 0 Å². The van der Waals surface area contributed by atoms with E-state index in [1.165, 1.54) is 6.07 Å². The molecule has 5 atom stereocenters. The summed E-state index contributed by atoms with van der Waals surface area (Å²) in [5, 5.41) is 41.2. The van der Waals surface area contributed by atoms with Gasteiger partial charge in [-0.2, -0.15) is 13.2 Å². The monoisotopic (exact) mass is 391 g/mol. The van der Waals surface area contributed by atoms with E-state index in [0.717, 1.165) is 12.1 Å². The van der Waals surface area contributed by atoms with Crippen LogP contribution in [0.4, 0.5) is 18.9 Å². The number of aliphatic hydroxyl groups is 4. The van der Waals surface area contributed by atoms with Crippen LogP contribution in [0.3, 0.4) is 0 Å². The number of benzene rings is 1. The van der Waals surface area contributed by atoms with Crippen molar-refractivity contribution in [3.05, 3.63) is 40.2 Å². The zero-order valence-corrected chi connectivity index (χ0v) is 13.6. The van der Waals surface area contributed by atoms with Crippen molar-refractivity contribution < 1.29 is 42.8 Å². The average molecular weight is 391 g/mol. The Bertz CT molecular complexity index is 884. The molecular formula is C16H16F3NO7. The zero-order valence-electron chi connectivity index (χ0n) is 13.6. The van der Waals surface area contributed by atoms with Crippen molar-refractivity contribution in [2.24, 2.45) is 0 Å². The van der Waals surface area contributed by atoms with Gasteiger partial charge in [0.2, 0.25) is 0 Å². The lowest BCUT2D eigenvalue weighted by Gasteiger charge is -2.40. The van der Waals surface area contributed by atoms with Crippen LogP contribution >= 0.6 is 0 Å². The molecule has 8 nitrogen and oxygen atoms in total. The van der Waals surface area contributed by atoms with Crippen LogP contribution in [0.15, 0.2) is 33.5 Å². The fourth-order valence-corrected chi connectivity index (χ4v) is 2.93. The van der Waals surface area contributed by atoms with Crippen molar-refractivity contribution >= 4 is 16.7 Å². The van der Waals surface area contributed by atoms with Gasteiger partial charge in [-0.1, -0.05) is 0 Å². The van der Waals surface area contributed by atoms with E-state index in [1.807, 2.05) is 0 Å². The first-order valence-corrected chi connectivity index (χ1v) is 7.84. The van der Waals surface area contributed by atoms with Crippen LogP contribution in [0.25, 0.3) is 11.0 Å². The van der Waals surface area contributed by atoms with Gasteiger partial charge in [-0.25, -0.2) is 4.79 Å². The maximum Gasteiger partial charge on any atom is 0.417 e. The van der Waals surface area contributed by atoms with Crippen LogP contribution in [0.5, 0.6) is 0 Å². The predicted octanol–water partition coefficient (Wildman–Crippen LogP) is 0.0236. The predicted molar refractivity (Wildman–Crippen MR) is 84.9 cm³/mol. The van der Waals surface area contributed by atoms with E-state index < -0.39 is 54.6 Å². The van der Waals surface area contributed by atoms with Gasteiger partial charge in [0, 0.05) is 23.2 Å². The van der Waals surface area contributed by atoms with E-state index in [-0.39, 0.29) is 16.7 Å². The quantitative estimate of drug-likeness (QED) is 0.463. The highest BCUT2D eigenvalue weighted by molar-refractivity contribution is 5.84. The molecule has 1 aliphatic heterocycles. The van der Waals surface area contributed by atoms with E-state index in [4.69, 9.17) is 14.3 Å². The molecule has 27 heavy (non-hydrogen) atoms. The van der Waals surface area contributed by atoms with Crippen molar-refractivity contribution in [3.8, 4) is 0 Å². The number of halogens is 3. The third-order valence-corrected chi connectivity index (χ3v) is 4.28. The van der Waals surface area contributed by atoms with Crippen molar-refractivity contribution in [1.29, 1.82) is 0 Å². The maximum atomic E-state index is 13.1. The molecule has 1 saturated heterocycles. The van der Waals surface area contributed by atoms with E-state index in [1.54, 1.807) is 0 Å². The smallest absolute Gasteiger partial charge is 0.417 e. The number of anilines is 1. The lowest BCUT2D eigenvalue weighted by molar-refractivity contribution is -0.245. The lowest BCUT2D eigenvalue weighted by atomic mass is 9.96. The Balaban J connectivity index is 1.93. The van der Waals surface area contributed by atoms with Crippen LogP contribution in [0.2, 0.25) is 0 Å². The number of hydrogen-bond acceptors (Lipinski definition) is 8. The number of rotatable bonds is 3. The van der Waals surface area contributed by atoms with Gasteiger partial charge in [0.25, 0.3) is 0 Å². The molecule has 3 rings (SSSR count). The maximum absolute atomic E-state index is 13.1. The van der Waals surface area contributed by atoms with Gasteiger partial charge < -0.3 is 34.9 Å². The summed E-state index contributed by atoms with van der Waals surface area (Å²) in [4.78, 5) is 11.4. The summed E-state index contributed by atoms with van der Waals surface area (Å²) in [5.74, 6) is 0. The van der Waals surface area contributed by atoms with Gasteiger partial charge in [0.1, 0.15) is 29.9 Å². The van der Waals surface area contributed by atoms with Gasteiger partial charge in [0.05, 0.1) is 12.2 Å². The van der Waals surface area contributed by atoms with E-state index in [9.17, 15) is 33.3 Å². The third-order valence-electron chi connectivity index (χ3n) is 4.28. The van der Waals surface area contributed by atoms with Gasteiger partial charge in [-0.15, -0.1) is 0 Å². The number of hydrogen-bond donors (Lipinski definition) is 5. The molecule has 2 heterocycles. The summed E-state index contributed by atoms with van der Waals surface area (Å²) in [7, 11) is 0. The zero-order chi connectivity index (χ0) is 19.9. The number of fused-ring (bicyclic) bond motifs is 1. The average Bonchev–Trinajstić information content (AvgIpc) is 2.60. The van der Waals surface area contributed by atoms with Crippen molar-refractivity contribution in [2.75, 3.05) is 11.9 Å². The molecule has 2 aromatic rings. The van der Waals surface area contributed by atoms with Gasteiger partial charge in [0.15, 0.2) is 6.29 Å². The second kappa shape index (κ2) is 7.09. The number of ether oxygens (including phenoxy) is 1. The summed E-state index contributed by atoms with van der Waals surface area (Å²) in [6.45, 7) is -0.636. The Labute approximate surface area is 149 Å². The molecule has 1 aliphatic rings.